The Labute approximate surface area is 112 Å². The zero-order valence-electron chi connectivity index (χ0n) is 12.5. The lowest BCUT2D eigenvalue weighted by Crippen LogP contribution is -2.35. The molecule has 1 N–H and O–H groups in total. The van der Waals surface area contributed by atoms with Gasteiger partial charge < -0.3 is 19.5 Å². The summed E-state index contributed by atoms with van der Waals surface area (Å²) in [5, 5.41) is 3.39. The van der Waals surface area contributed by atoms with Crippen molar-refractivity contribution in [3.05, 3.63) is 0 Å². The second-order valence-corrected chi connectivity index (χ2v) is 4.97. The number of rotatable bonds is 13. The summed E-state index contributed by atoms with van der Waals surface area (Å²) < 4.78 is 16.3. The standard InChI is InChI=1S/C14H31NO3/c1-5-6-7-17-8-9-18-14(12-16-4)11-15-10-13(2)3/h13-15H,5-12H2,1-4H3. The van der Waals surface area contributed by atoms with Crippen molar-refractivity contribution < 1.29 is 14.2 Å². The van der Waals surface area contributed by atoms with Gasteiger partial charge in [0.2, 0.25) is 0 Å². The van der Waals surface area contributed by atoms with Gasteiger partial charge in [-0.3, -0.25) is 0 Å². The van der Waals surface area contributed by atoms with Crippen LogP contribution >= 0.6 is 0 Å². The van der Waals surface area contributed by atoms with Crippen LogP contribution in [0.3, 0.4) is 0 Å². The van der Waals surface area contributed by atoms with Crippen LogP contribution in [0.5, 0.6) is 0 Å². The summed E-state index contributed by atoms with van der Waals surface area (Å²) in [6.07, 6.45) is 2.41. The smallest absolute Gasteiger partial charge is 0.0933 e. The number of unbranched alkanes of at least 4 members (excludes halogenated alkanes) is 1. The molecule has 18 heavy (non-hydrogen) atoms. The van der Waals surface area contributed by atoms with Gasteiger partial charge in [-0.2, -0.15) is 0 Å². The van der Waals surface area contributed by atoms with Gasteiger partial charge in [0.15, 0.2) is 0 Å². The molecule has 4 nitrogen and oxygen atoms in total. The molecule has 4 heteroatoms. The van der Waals surface area contributed by atoms with Crippen LogP contribution in [-0.2, 0) is 14.2 Å². The maximum absolute atomic E-state index is 5.73. The Hall–Kier alpha value is -0.160. The first kappa shape index (κ1) is 17.8. The molecule has 0 aromatic heterocycles. The normalized spacial score (nSPS) is 13.2. The molecule has 0 aromatic rings. The lowest BCUT2D eigenvalue weighted by Gasteiger charge is -2.18. The maximum atomic E-state index is 5.73. The van der Waals surface area contributed by atoms with Crippen LogP contribution in [0.4, 0.5) is 0 Å². The fourth-order valence-electron chi connectivity index (χ4n) is 1.51. The van der Waals surface area contributed by atoms with E-state index in [1.165, 1.54) is 6.42 Å². The third-order valence-corrected chi connectivity index (χ3v) is 2.50. The molecule has 0 aliphatic heterocycles. The zero-order valence-corrected chi connectivity index (χ0v) is 12.5. The number of hydrogen-bond donors (Lipinski definition) is 1. The Bertz CT molecular complexity index is 165. The van der Waals surface area contributed by atoms with Gasteiger partial charge in [-0.15, -0.1) is 0 Å². The van der Waals surface area contributed by atoms with Crippen molar-refractivity contribution in [2.45, 2.75) is 39.7 Å². The highest BCUT2D eigenvalue weighted by molar-refractivity contribution is 4.62. The van der Waals surface area contributed by atoms with E-state index >= 15 is 0 Å². The SMILES string of the molecule is CCCCOCCOC(CNCC(C)C)COC. The largest absolute Gasteiger partial charge is 0.382 e. The van der Waals surface area contributed by atoms with E-state index in [0.717, 1.165) is 26.1 Å². The minimum absolute atomic E-state index is 0.114. The summed E-state index contributed by atoms with van der Waals surface area (Å²) in [7, 11) is 1.70. The molecule has 1 atom stereocenters. The van der Waals surface area contributed by atoms with Crippen LogP contribution < -0.4 is 5.32 Å². The number of nitrogens with one attached hydrogen (secondary N) is 1. The highest BCUT2D eigenvalue weighted by Crippen LogP contribution is 1.95. The molecule has 0 saturated heterocycles. The van der Waals surface area contributed by atoms with E-state index in [2.05, 4.69) is 26.1 Å². The molecular weight excluding hydrogens is 230 g/mol. The average Bonchev–Trinajstić information content (AvgIpc) is 2.33. The van der Waals surface area contributed by atoms with Gasteiger partial charge in [-0.1, -0.05) is 27.2 Å². The van der Waals surface area contributed by atoms with Gasteiger partial charge in [-0.05, 0) is 18.9 Å². The van der Waals surface area contributed by atoms with Gasteiger partial charge in [-0.25, -0.2) is 0 Å². The van der Waals surface area contributed by atoms with E-state index in [0.29, 0.717) is 25.7 Å². The highest BCUT2D eigenvalue weighted by Gasteiger charge is 2.08. The first-order chi connectivity index (χ1) is 8.70. The fraction of sp³-hybridized carbons (Fsp3) is 1.00. The van der Waals surface area contributed by atoms with Crippen molar-refractivity contribution >= 4 is 0 Å². The second kappa shape index (κ2) is 13.3. The number of ether oxygens (including phenoxy) is 3. The van der Waals surface area contributed by atoms with Crippen LogP contribution in [0.25, 0.3) is 0 Å². The van der Waals surface area contributed by atoms with Crippen LogP contribution in [0, 0.1) is 5.92 Å². The van der Waals surface area contributed by atoms with Gasteiger partial charge >= 0.3 is 0 Å². The molecular formula is C14H31NO3. The summed E-state index contributed by atoms with van der Waals surface area (Å²) in [6, 6.07) is 0. The summed E-state index contributed by atoms with van der Waals surface area (Å²) in [4.78, 5) is 0. The van der Waals surface area contributed by atoms with Crippen LogP contribution in [-0.4, -0.2) is 52.7 Å². The number of hydrogen-bond acceptors (Lipinski definition) is 4. The van der Waals surface area contributed by atoms with Crippen molar-refractivity contribution in [3.8, 4) is 0 Å². The van der Waals surface area contributed by atoms with E-state index in [1.807, 2.05) is 0 Å². The predicted octanol–water partition coefficient (Wildman–Crippen LogP) is 2.08. The average molecular weight is 261 g/mol. The van der Waals surface area contributed by atoms with Crippen molar-refractivity contribution in [3.63, 3.8) is 0 Å². The molecule has 0 rings (SSSR count). The highest BCUT2D eigenvalue weighted by atomic mass is 16.5. The molecule has 0 spiro atoms. The number of methoxy groups -OCH3 is 1. The molecule has 0 aromatic carbocycles. The molecule has 110 valence electrons. The lowest BCUT2D eigenvalue weighted by atomic mass is 10.2. The Morgan fingerprint density at radius 2 is 1.83 bits per heavy atom. The molecule has 0 bridgehead atoms. The summed E-state index contributed by atoms with van der Waals surface area (Å²) in [5.41, 5.74) is 0. The van der Waals surface area contributed by atoms with E-state index in [-0.39, 0.29) is 6.10 Å². The Balaban J connectivity index is 3.50. The van der Waals surface area contributed by atoms with E-state index in [1.54, 1.807) is 7.11 Å². The summed E-state index contributed by atoms with van der Waals surface area (Å²) in [6.45, 7) is 11.2. The fourth-order valence-corrected chi connectivity index (χ4v) is 1.51. The minimum atomic E-state index is 0.114. The molecule has 0 aliphatic rings. The van der Waals surface area contributed by atoms with Crippen molar-refractivity contribution in [1.29, 1.82) is 0 Å². The molecule has 0 aliphatic carbocycles. The van der Waals surface area contributed by atoms with Gasteiger partial charge in [0.25, 0.3) is 0 Å². The third-order valence-electron chi connectivity index (χ3n) is 2.50. The molecule has 0 amide bonds. The van der Waals surface area contributed by atoms with Crippen molar-refractivity contribution in [2.75, 3.05) is 46.6 Å². The van der Waals surface area contributed by atoms with E-state index in [4.69, 9.17) is 14.2 Å². The van der Waals surface area contributed by atoms with Crippen LogP contribution in [0.2, 0.25) is 0 Å². The monoisotopic (exact) mass is 261 g/mol. The first-order valence-corrected chi connectivity index (χ1v) is 7.09. The van der Waals surface area contributed by atoms with E-state index in [9.17, 15) is 0 Å². The summed E-state index contributed by atoms with van der Waals surface area (Å²) in [5.74, 6) is 0.658. The van der Waals surface area contributed by atoms with Crippen LogP contribution in [0.15, 0.2) is 0 Å². The van der Waals surface area contributed by atoms with Crippen molar-refractivity contribution in [1.82, 2.24) is 5.32 Å². The Morgan fingerprint density at radius 3 is 2.44 bits per heavy atom. The molecule has 0 heterocycles. The Kier molecular flexibility index (Phi) is 13.2. The topological polar surface area (TPSA) is 39.7 Å². The van der Waals surface area contributed by atoms with Gasteiger partial charge in [0, 0.05) is 20.3 Å². The van der Waals surface area contributed by atoms with Gasteiger partial charge in [0.1, 0.15) is 0 Å². The zero-order chi connectivity index (χ0) is 13.6. The Morgan fingerprint density at radius 1 is 1.06 bits per heavy atom. The summed E-state index contributed by atoms with van der Waals surface area (Å²) >= 11 is 0. The van der Waals surface area contributed by atoms with Gasteiger partial charge in [0.05, 0.1) is 25.9 Å². The quantitative estimate of drug-likeness (QED) is 0.515. The van der Waals surface area contributed by atoms with Crippen LogP contribution in [0.1, 0.15) is 33.6 Å². The lowest BCUT2D eigenvalue weighted by molar-refractivity contribution is -0.0277. The second-order valence-electron chi connectivity index (χ2n) is 4.97. The molecule has 1 unspecified atom stereocenters. The molecule has 0 fully saturated rings. The third kappa shape index (κ3) is 12.3. The van der Waals surface area contributed by atoms with Crippen molar-refractivity contribution in [2.24, 2.45) is 5.92 Å². The minimum Gasteiger partial charge on any atom is -0.382 e. The predicted molar refractivity (Wildman–Crippen MR) is 75.1 cm³/mol. The first-order valence-electron chi connectivity index (χ1n) is 7.09. The maximum Gasteiger partial charge on any atom is 0.0933 e. The molecule has 0 radical (unpaired) electrons. The molecule has 0 saturated carbocycles. The van der Waals surface area contributed by atoms with E-state index < -0.39 is 0 Å².